The van der Waals surface area contributed by atoms with Gasteiger partial charge in [-0.3, -0.25) is 9.78 Å². The average Bonchev–Trinajstić information content (AvgIpc) is 2.85. The quantitative estimate of drug-likeness (QED) is 0.403. The van der Waals surface area contributed by atoms with Gasteiger partial charge in [0.05, 0.1) is 19.3 Å². The van der Waals surface area contributed by atoms with Gasteiger partial charge < -0.3 is 25.4 Å². The van der Waals surface area contributed by atoms with Crippen molar-refractivity contribution in [3.63, 3.8) is 0 Å². The lowest BCUT2D eigenvalue weighted by Gasteiger charge is -2.38. The van der Waals surface area contributed by atoms with Crippen LogP contribution in [-0.4, -0.2) is 76.1 Å². The molecule has 3 N–H and O–H groups in total. The van der Waals surface area contributed by atoms with Crippen LogP contribution in [0.5, 0.6) is 0 Å². The highest BCUT2D eigenvalue weighted by atomic mass is 19.1. The smallest absolute Gasteiger partial charge is 0.270 e. The molecule has 1 aliphatic heterocycles. The van der Waals surface area contributed by atoms with Crippen LogP contribution in [0.15, 0.2) is 30.7 Å². The highest BCUT2D eigenvalue weighted by Gasteiger charge is 2.39. The van der Waals surface area contributed by atoms with Gasteiger partial charge in [-0.25, -0.2) is 14.4 Å². The zero-order valence-corrected chi connectivity index (χ0v) is 21.0. The van der Waals surface area contributed by atoms with Crippen molar-refractivity contribution >= 4 is 34.3 Å². The molecule has 0 aromatic carbocycles. The van der Waals surface area contributed by atoms with Crippen molar-refractivity contribution in [3.05, 3.63) is 42.0 Å². The van der Waals surface area contributed by atoms with Gasteiger partial charge in [-0.1, -0.05) is 13.8 Å². The number of aromatic nitrogens is 4. The van der Waals surface area contributed by atoms with E-state index in [1.807, 2.05) is 6.07 Å². The van der Waals surface area contributed by atoms with Crippen molar-refractivity contribution < 1.29 is 19.0 Å². The maximum atomic E-state index is 14.7. The van der Waals surface area contributed by atoms with Crippen LogP contribution in [0.1, 0.15) is 49.2 Å². The number of hydrogen-bond donors (Lipinski definition) is 3. The molecule has 10 nitrogen and oxygen atoms in total. The number of alkyl halides is 1. The van der Waals surface area contributed by atoms with Gasteiger partial charge in [-0.05, 0) is 42.3 Å². The number of aliphatic hydroxyl groups excluding tert-OH is 1. The molecule has 192 valence electrons. The molecule has 1 fully saturated rings. The van der Waals surface area contributed by atoms with Crippen LogP contribution in [0.2, 0.25) is 0 Å². The first-order chi connectivity index (χ1) is 17.2. The van der Waals surface area contributed by atoms with Crippen molar-refractivity contribution in [3.8, 4) is 0 Å². The third-order valence-electron chi connectivity index (χ3n) is 6.28. The number of nitrogens with zero attached hydrogens (tertiary/aromatic N) is 5. The third kappa shape index (κ3) is 5.52. The first-order valence-corrected chi connectivity index (χ1v) is 12.0. The second-order valence-electron chi connectivity index (χ2n) is 9.45. The molecule has 36 heavy (non-hydrogen) atoms. The van der Waals surface area contributed by atoms with E-state index >= 15 is 0 Å². The molecular formula is C25H32FN7O3. The zero-order chi connectivity index (χ0) is 25.9. The van der Waals surface area contributed by atoms with E-state index in [4.69, 9.17) is 4.74 Å². The molecule has 2 atom stereocenters. The number of halogens is 1. The number of fused-ring (bicyclic) bond motifs is 1. The van der Waals surface area contributed by atoms with E-state index in [2.05, 4.69) is 44.4 Å². The number of carbonyl (C=O) groups excluding carboxylic acids is 1. The molecule has 0 bridgehead atoms. The lowest BCUT2D eigenvalue weighted by Crippen LogP contribution is -2.52. The normalized spacial score (nSPS) is 20.1. The molecular weight excluding hydrogens is 465 g/mol. The molecule has 3 aromatic heterocycles. The number of aliphatic hydroxyl groups is 1. The summed E-state index contributed by atoms with van der Waals surface area (Å²) in [4.78, 5) is 32.2. The Morgan fingerprint density at radius 3 is 2.81 bits per heavy atom. The SMILES string of the molecule is COCCNC(=O)c1ncc(C(C)C)c2cc(Nc3ccnc(N4CC[C@@H](O)[C@@](C)(F)C4)n3)ncc12. The van der Waals surface area contributed by atoms with Crippen LogP contribution in [-0.2, 0) is 4.74 Å². The Bertz CT molecular complexity index is 1240. The summed E-state index contributed by atoms with van der Waals surface area (Å²) in [6.45, 7) is 6.76. The summed E-state index contributed by atoms with van der Waals surface area (Å²) in [6, 6.07) is 3.57. The van der Waals surface area contributed by atoms with Crippen LogP contribution >= 0.6 is 0 Å². The van der Waals surface area contributed by atoms with Crippen LogP contribution in [0.3, 0.4) is 0 Å². The minimum atomic E-state index is -1.74. The molecule has 3 aromatic rings. The van der Waals surface area contributed by atoms with Crippen molar-refractivity contribution in [2.75, 3.05) is 43.6 Å². The minimum Gasteiger partial charge on any atom is -0.390 e. The molecule has 1 aliphatic rings. The maximum Gasteiger partial charge on any atom is 0.270 e. The Morgan fingerprint density at radius 2 is 2.08 bits per heavy atom. The first-order valence-electron chi connectivity index (χ1n) is 12.0. The van der Waals surface area contributed by atoms with Gasteiger partial charge in [-0.2, -0.15) is 4.98 Å². The number of rotatable bonds is 8. The van der Waals surface area contributed by atoms with Crippen molar-refractivity contribution in [1.82, 2.24) is 25.3 Å². The molecule has 0 saturated carbocycles. The van der Waals surface area contributed by atoms with E-state index < -0.39 is 11.8 Å². The van der Waals surface area contributed by atoms with Gasteiger partial charge in [0.2, 0.25) is 5.95 Å². The monoisotopic (exact) mass is 497 g/mol. The molecule has 0 aliphatic carbocycles. The number of pyridine rings is 2. The molecule has 0 radical (unpaired) electrons. The Balaban J connectivity index is 1.61. The Hall–Kier alpha value is -3.44. The molecule has 4 heterocycles. The van der Waals surface area contributed by atoms with Gasteiger partial charge in [0.25, 0.3) is 5.91 Å². The zero-order valence-electron chi connectivity index (χ0n) is 21.0. The standard InChI is InChI=1S/C25H32FN7O3/c1-15(2)17-12-30-22(23(35)27-8-10-36-4)18-13-29-21(11-16(17)18)31-20-5-7-28-24(32-20)33-9-6-19(34)25(3,26)14-33/h5,7,11-13,15,19,34H,6,8-10,14H2,1-4H3,(H,27,35)(H,28,29,31,32)/t19-,25+/m1/s1. The third-order valence-corrected chi connectivity index (χ3v) is 6.28. The van der Waals surface area contributed by atoms with E-state index in [1.54, 1.807) is 36.7 Å². The number of nitrogens with one attached hydrogen (secondary N) is 2. The van der Waals surface area contributed by atoms with Crippen molar-refractivity contribution in [1.29, 1.82) is 0 Å². The van der Waals surface area contributed by atoms with Gasteiger partial charge in [0, 0.05) is 44.2 Å². The summed E-state index contributed by atoms with van der Waals surface area (Å²) in [5.74, 6) is 1.29. The van der Waals surface area contributed by atoms with E-state index in [9.17, 15) is 14.3 Å². The molecule has 4 rings (SSSR count). The number of carbonyl (C=O) groups is 1. The summed E-state index contributed by atoms with van der Waals surface area (Å²) in [5.41, 5.74) is -0.448. The second kappa shape index (κ2) is 10.7. The van der Waals surface area contributed by atoms with Gasteiger partial charge in [-0.15, -0.1) is 0 Å². The number of anilines is 3. The fourth-order valence-electron chi connectivity index (χ4n) is 4.22. The highest BCUT2D eigenvalue weighted by molar-refractivity contribution is 6.06. The van der Waals surface area contributed by atoms with Crippen LogP contribution < -0.4 is 15.5 Å². The molecule has 11 heteroatoms. The van der Waals surface area contributed by atoms with E-state index in [1.165, 1.54) is 6.92 Å². The molecule has 0 spiro atoms. The number of ether oxygens (including phenoxy) is 1. The molecule has 0 unspecified atom stereocenters. The van der Waals surface area contributed by atoms with E-state index in [0.717, 1.165) is 10.9 Å². The number of methoxy groups -OCH3 is 1. The van der Waals surface area contributed by atoms with Crippen molar-refractivity contribution in [2.24, 2.45) is 0 Å². The number of amides is 1. The predicted octanol–water partition coefficient (Wildman–Crippen LogP) is 2.96. The van der Waals surface area contributed by atoms with Gasteiger partial charge >= 0.3 is 0 Å². The Labute approximate surface area is 209 Å². The van der Waals surface area contributed by atoms with Crippen LogP contribution in [0, 0.1) is 0 Å². The van der Waals surface area contributed by atoms with Gasteiger partial charge in [0.15, 0.2) is 5.67 Å². The number of piperidine rings is 1. The fraction of sp³-hybridized carbons (Fsp3) is 0.480. The Morgan fingerprint density at radius 1 is 1.28 bits per heavy atom. The summed E-state index contributed by atoms with van der Waals surface area (Å²) in [5, 5.41) is 17.4. The number of hydrogen-bond acceptors (Lipinski definition) is 9. The lowest BCUT2D eigenvalue weighted by molar-refractivity contribution is -0.00860. The van der Waals surface area contributed by atoms with Gasteiger partial charge in [0.1, 0.15) is 17.3 Å². The van der Waals surface area contributed by atoms with Crippen LogP contribution in [0.4, 0.5) is 22.0 Å². The summed E-state index contributed by atoms with van der Waals surface area (Å²) >= 11 is 0. The Kier molecular flexibility index (Phi) is 7.60. The van der Waals surface area contributed by atoms with E-state index in [0.29, 0.717) is 54.8 Å². The molecule has 1 amide bonds. The largest absolute Gasteiger partial charge is 0.390 e. The minimum absolute atomic E-state index is 0.00577. The highest BCUT2D eigenvalue weighted by Crippen LogP contribution is 2.30. The average molecular weight is 498 g/mol. The second-order valence-corrected chi connectivity index (χ2v) is 9.45. The summed E-state index contributed by atoms with van der Waals surface area (Å²) in [7, 11) is 1.57. The van der Waals surface area contributed by atoms with Crippen molar-refractivity contribution in [2.45, 2.75) is 44.9 Å². The first kappa shape index (κ1) is 25.6. The predicted molar refractivity (Wildman–Crippen MR) is 136 cm³/mol. The maximum absolute atomic E-state index is 14.7. The topological polar surface area (TPSA) is 125 Å². The van der Waals surface area contributed by atoms with Crippen LogP contribution in [0.25, 0.3) is 10.8 Å². The molecule has 1 saturated heterocycles. The summed E-state index contributed by atoms with van der Waals surface area (Å²) in [6.07, 6.45) is 4.24. The van der Waals surface area contributed by atoms with E-state index in [-0.39, 0.29) is 18.4 Å². The summed E-state index contributed by atoms with van der Waals surface area (Å²) < 4.78 is 19.7. The lowest BCUT2D eigenvalue weighted by atomic mass is 9.94. The fourth-order valence-corrected chi connectivity index (χ4v) is 4.22.